The van der Waals surface area contributed by atoms with Crippen LogP contribution in [0.15, 0.2) is 24.3 Å². The number of rotatable bonds is 4. The number of hydrogen-bond acceptors (Lipinski definition) is 3. The van der Waals surface area contributed by atoms with Gasteiger partial charge in [-0.25, -0.2) is 0 Å². The second-order valence-electron chi connectivity index (χ2n) is 3.54. The van der Waals surface area contributed by atoms with Crippen LogP contribution in [-0.2, 0) is 4.74 Å². The van der Waals surface area contributed by atoms with E-state index in [-0.39, 0.29) is 6.61 Å². The van der Waals surface area contributed by atoms with Crippen molar-refractivity contribution >= 4 is 0 Å². The zero-order chi connectivity index (χ0) is 11.3. The van der Waals surface area contributed by atoms with E-state index in [2.05, 4.69) is 6.07 Å². The molecule has 3 nitrogen and oxygen atoms in total. The van der Waals surface area contributed by atoms with Crippen molar-refractivity contribution in [1.29, 1.82) is 5.26 Å². The molecule has 0 saturated carbocycles. The highest BCUT2D eigenvalue weighted by Crippen LogP contribution is 2.19. The molecular weight excluding hydrogens is 190 g/mol. The quantitative estimate of drug-likeness (QED) is 0.812. The molecule has 1 rings (SSSR count). The first-order chi connectivity index (χ1) is 7.19. The fourth-order valence-electron chi connectivity index (χ4n) is 1.42. The van der Waals surface area contributed by atoms with Crippen LogP contribution in [0.25, 0.3) is 0 Å². The van der Waals surface area contributed by atoms with Crippen molar-refractivity contribution in [2.24, 2.45) is 0 Å². The molecule has 15 heavy (non-hydrogen) atoms. The van der Waals surface area contributed by atoms with E-state index < -0.39 is 12.0 Å². The van der Waals surface area contributed by atoms with Crippen molar-refractivity contribution in [1.82, 2.24) is 0 Å². The summed E-state index contributed by atoms with van der Waals surface area (Å²) >= 11 is 0. The lowest BCUT2D eigenvalue weighted by Gasteiger charge is -2.16. The van der Waals surface area contributed by atoms with Gasteiger partial charge in [0.2, 0.25) is 0 Å². The second kappa shape index (κ2) is 5.50. The fraction of sp³-hybridized carbons (Fsp3) is 0.417. The fourth-order valence-corrected chi connectivity index (χ4v) is 1.42. The molecular formula is C12H15NO2. The van der Waals surface area contributed by atoms with Crippen LogP contribution in [0.4, 0.5) is 0 Å². The Hall–Kier alpha value is -1.37. The van der Waals surface area contributed by atoms with Gasteiger partial charge in [0.25, 0.3) is 0 Å². The summed E-state index contributed by atoms with van der Waals surface area (Å²) in [4.78, 5) is 0. The third-order valence-corrected chi connectivity index (χ3v) is 2.30. The molecule has 0 saturated heterocycles. The summed E-state index contributed by atoms with van der Waals surface area (Å²) < 4.78 is 4.83. The summed E-state index contributed by atoms with van der Waals surface area (Å²) in [6, 6.07) is 9.68. The Bertz CT molecular complexity index is 340. The van der Waals surface area contributed by atoms with Crippen LogP contribution in [-0.4, -0.2) is 24.9 Å². The third-order valence-electron chi connectivity index (χ3n) is 2.30. The number of nitriles is 1. The molecule has 0 bridgehead atoms. The van der Waals surface area contributed by atoms with Gasteiger partial charge in [-0.2, -0.15) is 5.26 Å². The van der Waals surface area contributed by atoms with E-state index in [1.807, 2.05) is 31.2 Å². The van der Waals surface area contributed by atoms with Gasteiger partial charge >= 0.3 is 0 Å². The van der Waals surface area contributed by atoms with E-state index in [9.17, 15) is 5.11 Å². The highest BCUT2D eigenvalue weighted by molar-refractivity contribution is 5.29. The topological polar surface area (TPSA) is 53.2 Å². The van der Waals surface area contributed by atoms with Gasteiger partial charge < -0.3 is 9.84 Å². The Morgan fingerprint density at radius 2 is 2.00 bits per heavy atom. The van der Waals surface area contributed by atoms with Crippen LogP contribution in [0.1, 0.15) is 17.0 Å². The minimum atomic E-state index is -0.775. The molecule has 0 radical (unpaired) electrons. The van der Waals surface area contributed by atoms with Crippen molar-refractivity contribution in [3.63, 3.8) is 0 Å². The van der Waals surface area contributed by atoms with Gasteiger partial charge in [-0.1, -0.05) is 29.8 Å². The summed E-state index contributed by atoms with van der Waals surface area (Å²) in [5.74, 6) is -0.523. The van der Waals surface area contributed by atoms with Crippen LogP contribution < -0.4 is 0 Å². The summed E-state index contributed by atoms with van der Waals surface area (Å²) in [7, 11) is 1.51. The smallest absolute Gasteiger partial charge is 0.0994 e. The Balaban J connectivity index is 2.84. The monoisotopic (exact) mass is 205 g/mol. The molecule has 1 aromatic carbocycles. The van der Waals surface area contributed by atoms with Crippen LogP contribution in [0, 0.1) is 18.3 Å². The molecule has 80 valence electrons. The molecule has 0 aromatic heterocycles. The maximum absolute atomic E-state index is 9.68. The van der Waals surface area contributed by atoms with Crippen LogP contribution in [0.2, 0.25) is 0 Å². The van der Waals surface area contributed by atoms with Crippen molar-refractivity contribution in [2.75, 3.05) is 13.7 Å². The average molecular weight is 205 g/mol. The number of hydrogen-bond donors (Lipinski definition) is 1. The molecule has 0 aliphatic rings. The molecule has 3 heteroatoms. The number of aliphatic hydroxyl groups is 1. The number of aliphatic hydroxyl groups excluding tert-OH is 1. The summed E-state index contributed by atoms with van der Waals surface area (Å²) in [5.41, 5.74) is 1.96. The van der Waals surface area contributed by atoms with E-state index >= 15 is 0 Å². The first-order valence-corrected chi connectivity index (χ1v) is 4.82. The van der Waals surface area contributed by atoms with Gasteiger partial charge in [-0.3, -0.25) is 0 Å². The van der Waals surface area contributed by atoms with E-state index in [1.165, 1.54) is 7.11 Å². The van der Waals surface area contributed by atoms with Crippen molar-refractivity contribution in [3.05, 3.63) is 35.4 Å². The molecule has 1 aromatic rings. The highest BCUT2D eigenvalue weighted by Gasteiger charge is 2.20. The standard InChI is InChI=1S/C12H15NO2/c1-9-3-5-10(6-4-9)11(7-13)12(14)8-15-2/h3-6,11-12,14H,8H2,1-2H3. The van der Waals surface area contributed by atoms with Gasteiger partial charge in [0.15, 0.2) is 0 Å². The molecule has 1 N–H and O–H groups in total. The zero-order valence-corrected chi connectivity index (χ0v) is 8.97. The molecule has 0 spiro atoms. The largest absolute Gasteiger partial charge is 0.389 e. The summed E-state index contributed by atoms with van der Waals surface area (Å²) in [5, 5.41) is 18.7. The molecule has 0 aliphatic carbocycles. The van der Waals surface area contributed by atoms with Crippen molar-refractivity contribution in [3.8, 4) is 6.07 Å². The molecule has 0 amide bonds. The lowest BCUT2D eigenvalue weighted by molar-refractivity contribution is 0.0571. The SMILES string of the molecule is COCC(O)C(C#N)c1ccc(C)cc1. The molecule has 2 unspecified atom stereocenters. The Kier molecular flexibility index (Phi) is 4.29. The Morgan fingerprint density at radius 3 is 2.47 bits per heavy atom. The van der Waals surface area contributed by atoms with Crippen LogP contribution in [0.5, 0.6) is 0 Å². The molecule has 2 atom stereocenters. The number of benzene rings is 1. The number of nitrogens with zero attached hydrogens (tertiary/aromatic N) is 1. The molecule has 0 heterocycles. The summed E-state index contributed by atoms with van der Waals surface area (Å²) in [6.07, 6.45) is -0.775. The van der Waals surface area contributed by atoms with E-state index in [0.717, 1.165) is 11.1 Å². The number of aryl methyl sites for hydroxylation is 1. The minimum Gasteiger partial charge on any atom is -0.389 e. The average Bonchev–Trinajstić information content (AvgIpc) is 2.22. The van der Waals surface area contributed by atoms with Crippen LogP contribution in [0.3, 0.4) is 0 Å². The van der Waals surface area contributed by atoms with Gasteiger partial charge in [-0.05, 0) is 12.5 Å². The van der Waals surface area contributed by atoms with Gasteiger partial charge in [0.1, 0.15) is 0 Å². The predicted molar refractivity (Wildman–Crippen MR) is 57.4 cm³/mol. The van der Waals surface area contributed by atoms with E-state index in [4.69, 9.17) is 10.00 Å². The Morgan fingerprint density at radius 1 is 1.40 bits per heavy atom. The van der Waals surface area contributed by atoms with Gasteiger partial charge in [-0.15, -0.1) is 0 Å². The first kappa shape index (κ1) is 11.7. The number of ether oxygens (including phenoxy) is 1. The zero-order valence-electron chi connectivity index (χ0n) is 8.97. The maximum atomic E-state index is 9.68. The minimum absolute atomic E-state index is 0.173. The highest BCUT2D eigenvalue weighted by atomic mass is 16.5. The maximum Gasteiger partial charge on any atom is 0.0994 e. The van der Waals surface area contributed by atoms with Crippen LogP contribution >= 0.6 is 0 Å². The lowest BCUT2D eigenvalue weighted by Crippen LogP contribution is -2.22. The second-order valence-corrected chi connectivity index (χ2v) is 3.54. The van der Waals surface area contributed by atoms with Gasteiger partial charge in [0, 0.05) is 7.11 Å². The number of methoxy groups -OCH3 is 1. The lowest BCUT2D eigenvalue weighted by atomic mass is 9.94. The molecule has 0 fully saturated rings. The predicted octanol–water partition coefficient (Wildman–Crippen LogP) is 1.61. The van der Waals surface area contributed by atoms with Gasteiger partial charge in [0.05, 0.1) is 24.7 Å². The normalized spacial score (nSPS) is 14.3. The Labute approximate surface area is 89.9 Å². The van der Waals surface area contributed by atoms with E-state index in [0.29, 0.717) is 0 Å². The summed E-state index contributed by atoms with van der Waals surface area (Å²) in [6.45, 7) is 2.16. The van der Waals surface area contributed by atoms with Crippen molar-refractivity contribution < 1.29 is 9.84 Å². The van der Waals surface area contributed by atoms with E-state index in [1.54, 1.807) is 0 Å². The third kappa shape index (κ3) is 3.05. The molecule has 0 aliphatic heterocycles. The first-order valence-electron chi connectivity index (χ1n) is 4.82. The van der Waals surface area contributed by atoms with Crippen molar-refractivity contribution in [2.45, 2.75) is 18.9 Å².